The second kappa shape index (κ2) is 6.16. The summed E-state index contributed by atoms with van der Waals surface area (Å²) in [5.41, 5.74) is 5.38. The van der Waals surface area contributed by atoms with Gasteiger partial charge in [-0.3, -0.25) is 4.90 Å². The van der Waals surface area contributed by atoms with Crippen molar-refractivity contribution in [1.82, 2.24) is 4.90 Å². The minimum absolute atomic E-state index is 0. The first kappa shape index (κ1) is 15.2. The molecule has 2 aromatic rings. The molecule has 2 heteroatoms. The Morgan fingerprint density at radius 2 is 1.73 bits per heavy atom. The van der Waals surface area contributed by atoms with Crippen molar-refractivity contribution in [3.05, 3.63) is 70.8 Å². The van der Waals surface area contributed by atoms with Crippen molar-refractivity contribution in [2.24, 2.45) is 0 Å². The first-order valence-corrected chi connectivity index (χ1v) is 7.76. The summed E-state index contributed by atoms with van der Waals surface area (Å²) in [6.45, 7) is 2.37. The van der Waals surface area contributed by atoms with Gasteiger partial charge in [-0.05, 0) is 48.2 Å². The summed E-state index contributed by atoms with van der Waals surface area (Å²) >= 11 is 0. The number of hydrogen-bond acceptors (Lipinski definition) is 1. The van der Waals surface area contributed by atoms with Crippen LogP contribution in [0.2, 0.25) is 0 Å². The van der Waals surface area contributed by atoms with Crippen LogP contribution in [0.1, 0.15) is 47.1 Å². The van der Waals surface area contributed by atoms with Gasteiger partial charge in [0, 0.05) is 24.1 Å². The molecular formula is C20H20ClN. The summed E-state index contributed by atoms with van der Waals surface area (Å²) in [6.07, 6.45) is 8.09. The number of fused-ring (bicyclic) bond motifs is 3. The zero-order valence-corrected chi connectivity index (χ0v) is 13.4. The molecule has 1 saturated heterocycles. The minimum atomic E-state index is 0. The molecule has 0 radical (unpaired) electrons. The van der Waals surface area contributed by atoms with Crippen LogP contribution >= 0.6 is 12.4 Å². The lowest BCUT2D eigenvalue weighted by Crippen LogP contribution is -2.34. The van der Waals surface area contributed by atoms with E-state index in [1.54, 1.807) is 0 Å². The van der Waals surface area contributed by atoms with Crippen LogP contribution in [0.3, 0.4) is 0 Å². The zero-order valence-electron chi connectivity index (χ0n) is 12.5. The number of terminal acetylenes is 1. The average Bonchev–Trinajstić information content (AvgIpc) is 3.03. The highest BCUT2D eigenvalue weighted by Gasteiger charge is 2.35. The van der Waals surface area contributed by atoms with Crippen LogP contribution in [0.4, 0.5) is 0 Å². The van der Waals surface area contributed by atoms with Gasteiger partial charge in [0.05, 0.1) is 0 Å². The van der Waals surface area contributed by atoms with Gasteiger partial charge in [-0.2, -0.15) is 0 Å². The summed E-state index contributed by atoms with van der Waals surface area (Å²) in [4.78, 5) is 2.65. The van der Waals surface area contributed by atoms with Crippen molar-refractivity contribution < 1.29 is 0 Å². The van der Waals surface area contributed by atoms with Crippen LogP contribution in [-0.4, -0.2) is 18.0 Å². The van der Waals surface area contributed by atoms with Crippen molar-refractivity contribution in [2.45, 2.75) is 24.8 Å². The fourth-order valence-corrected chi connectivity index (χ4v) is 3.96. The fraction of sp³-hybridized carbons (Fsp3) is 0.300. The van der Waals surface area contributed by atoms with E-state index in [-0.39, 0.29) is 12.4 Å². The van der Waals surface area contributed by atoms with Gasteiger partial charge in [-0.15, -0.1) is 18.8 Å². The Kier molecular flexibility index (Phi) is 4.25. The molecule has 0 spiro atoms. The topological polar surface area (TPSA) is 3.24 Å². The van der Waals surface area contributed by atoms with Crippen LogP contribution in [0.5, 0.6) is 0 Å². The first-order valence-electron chi connectivity index (χ1n) is 7.76. The first-order chi connectivity index (χ1) is 10.4. The number of nitrogens with zero attached hydrogens (tertiary/aromatic N) is 1. The van der Waals surface area contributed by atoms with Gasteiger partial charge >= 0.3 is 0 Å². The van der Waals surface area contributed by atoms with Crippen molar-refractivity contribution in [1.29, 1.82) is 0 Å². The molecule has 2 aromatic carbocycles. The largest absolute Gasteiger partial charge is 0.295 e. The molecular weight excluding hydrogens is 290 g/mol. The van der Waals surface area contributed by atoms with E-state index in [9.17, 15) is 0 Å². The van der Waals surface area contributed by atoms with Crippen molar-refractivity contribution >= 4 is 12.4 Å². The minimum Gasteiger partial charge on any atom is -0.295 e. The quantitative estimate of drug-likeness (QED) is 0.707. The molecule has 0 unspecified atom stereocenters. The SMILES string of the molecule is C#Cc1ccc([C@@H]2CN3CCC[C@@H]3c3ccccc32)cc1.Cl. The lowest BCUT2D eigenvalue weighted by Gasteiger charge is -2.37. The highest BCUT2D eigenvalue weighted by Crippen LogP contribution is 2.43. The molecule has 0 N–H and O–H groups in total. The van der Waals surface area contributed by atoms with E-state index in [0.29, 0.717) is 12.0 Å². The number of rotatable bonds is 1. The van der Waals surface area contributed by atoms with Gasteiger partial charge in [0.2, 0.25) is 0 Å². The summed E-state index contributed by atoms with van der Waals surface area (Å²) in [7, 11) is 0. The predicted molar refractivity (Wildman–Crippen MR) is 93.5 cm³/mol. The molecule has 22 heavy (non-hydrogen) atoms. The van der Waals surface area contributed by atoms with Gasteiger partial charge in [0.25, 0.3) is 0 Å². The Morgan fingerprint density at radius 3 is 2.45 bits per heavy atom. The van der Waals surface area contributed by atoms with E-state index in [2.05, 4.69) is 59.4 Å². The maximum absolute atomic E-state index is 5.47. The molecule has 112 valence electrons. The molecule has 0 saturated carbocycles. The van der Waals surface area contributed by atoms with E-state index in [1.165, 1.54) is 36.1 Å². The molecule has 0 amide bonds. The van der Waals surface area contributed by atoms with Crippen LogP contribution < -0.4 is 0 Å². The number of hydrogen-bond donors (Lipinski definition) is 0. The van der Waals surface area contributed by atoms with Gasteiger partial charge in [-0.1, -0.05) is 42.3 Å². The van der Waals surface area contributed by atoms with Crippen molar-refractivity contribution in [2.75, 3.05) is 13.1 Å². The van der Waals surface area contributed by atoms with E-state index in [0.717, 1.165) is 12.1 Å². The normalized spacial score (nSPS) is 23.0. The van der Waals surface area contributed by atoms with Crippen LogP contribution in [0.25, 0.3) is 0 Å². The standard InChI is InChI=1S/C20H19N.ClH/c1-2-15-9-11-16(12-10-15)19-14-21-13-5-8-20(21)18-7-4-3-6-17(18)19;/h1,3-4,6-7,9-12,19-20H,5,8,13-14H2;1H/t19-,20+;/m0./s1. The molecule has 1 fully saturated rings. The Labute approximate surface area is 138 Å². The van der Waals surface area contributed by atoms with Gasteiger partial charge in [0.15, 0.2) is 0 Å². The Balaban J connectivity index is 0.00000144. The van der Waals surface area contributed by atoms with Gasteiger partial charge < -0.3 is 0 Å². The molecule has 2 aliphatic rings. The van der Waals surface area contributed by atoms with Crippen LogP contribution in [0, 0.1) is 12.3 Å². The smallest absolute Gasteiger partial charge is 0.0351 e. The molecule has 0 aliphatic carbocycles. The van der Waals surface area contributed by atoms with Gasteiger partial charge in [-0.25, -0.2) is 0 Å². The van der Waals surface area contributed by atoms with Gasteiger partial charge in [0.1, 0.15) is 0 Å². The molecule has 1 nitrogen and oxygen atoms in total. The van der Waals surface area contributed by atoms with E-state index in [1.807, 2.05) is 0 Å². The summed E-state index contributed by atoms with van der Waals surface area (Å²) in [5, 5.41) is 0. The fourth-order valence-electron chi connectivity index (χ4n) is 3.96. The second-order valence-electron chi connectivity index (χ2n) is 6.10. The Bertz CT molecular complexity index is 698. The second-order valence-corrected chi connectivity index (χ2v) is 6.10. The molecule has 2 aliphatic heterocycles. The lowest BCUT2D eigenvalue weighted by atomic mass is 9.81. The zero-order chi connectivity index (χ0) is 14.2. The maximum atomic E-state index is 5.47. The summed E-state index contributed by atoms with van der Waals surface area (Å²) in [6, 6.07) is 18.2. The van der Waals surface area contributed by atoms with E-state index < -0.39 is 0 Å². The number of benzene rings is 2. The highest BCUT2D eigenvalue weighted by atomic mass is 35.5. The monoisotopic (exact) mass is 309 g/mol. The van der Waals surface area contributed by atoms with Crippen molar-refractivity contribution in [3.63, 3.8) is 0 Å². The average molecular weight is 310 g/mol. The van der Waals surface area contributed by atoms with E-state index in [4.69, 9.17) is 6.42 Å². The summed E-state index contributed by atoms with van der Waals surface area (Å²) in [5.74, 6) is 3.18. The lowest BCUT2D eigenvalue weighted by molar-refractivity contribution is 0.230. The van der Waals surface area contributed by atoms with E-state index >= 15 is 0 Å². The molecule has 2 heterocycles. The molecule has 0 bridgehead atoms. The third-order valence-electron chi connectivity index (χ3n) is 4.99. The van der Waals surface area contributed by atoms with Crippen LogP contribution in [-0.2, 0) is 0 Å². The molecule has 2 atom stereocenters. The number of halogens is 1. The molecule has 0 aromatic heterocycles. The maximum Gasteiger partial charge on any atom is 0.0351 e. The third-order valence-corrected chi connectivity index (χ3v) is 4.99. The third kappa shape index (κ3) is 2.43. The molecule has 4 rings (SSSR count). The van der Waals surface area contributed by atoms with Crippen LogP contribution in [0.15, 0.2) is 48.5 Å². The Morgan fingerprint density at radius 1 is 1.00 bits per heavy atom. The highest BCUT2D eigenvalue weighted by molar-refractivity contribution is 5.85. The predicted octanol–water partition coefficient (Wildman–Crippen LogP) is 4.37. The summed E-state index contributed by atoms with van der Waals surface area (Å²) < 4.78 is 0. The van der Waals surface area contributed by atoms with Crippen molar-refractivity contribution in [3.8, 4) is 12.3 Å². The Hall–Kier alpha value is -1.75.